The van der Waals surface area contributed by atoms with E-state index in [4.69, 9.17) is 0 Å². The van der Waals surface area contributed by atoms with Gasteiger partial charge in [0.2, 0.25) is 5.88 Å². The van der Waals surface area contributed by atoms with Gasteiger partial charge in [-0.2, -0.15) is 0 Å². The van der Waals surface area contributed by atoms with Crippen molar-refractivity contribution < 1.29 is 19.6 Å². The van der Waals surface area contributed by atoms with Crippen molar-refractivity contribution in [2.24, 2.45) is 16.1 Å². The number of hydrogen-bond acceptors (Lipinski definition) is 6. The van der Waals surface area contributed by atoms with Crippen LogP contribution < -0.4 is 5.32 Å². The Morgan fingerprint density at radius 2 is 1.85 bits per heavy atom. The van der Waals surface area contributed by atoms with Gasteiger partial charge in [-0.1, -0.05) is 32.0 Å². The van der Waals surface area contributed by atoms with E-state index in [9.17, 15) is 24.8 Å². The number of benzene rings is 2. The molecule has 0 spiro atoms. The molecule has 2 amide bonds. The van der Waals surface area contributed by atoms with Crippen molar-refractivity contribution >= 4 is 34.1 Å². The number of rotatable bonds is 9. The SMILES string of the molecule is CC(C)Cn1c(O)c(N=NC(=O)CCCNC(=O)c2ccc([N+](=O)[O-])cc2)c2ccccc21. The van der Waals surface area contributed by atoms with Gasteiger partial charge < -0.3 is 15.0 Å². The average Bonchev–Trinajstić information content (AvgIpc) is 3.05. The zero-order valence-electron chi connectivity index (χ0n) is 18.4. The highest BCUT2D eigenvalue weighted by atomic mass is 16.6. The van der Waals surface area contributed by atoms with Gasteiger partial charge in [-0.05, 0) is 30.5 Å². The maximum atomic E-state index is 12.1. The van der Waals surface area contributed by atoms with Crippen molar-refractivity contribution in [1.29, 1.82) is 0 Å². The number of aromatic nitrogens is 1. The van der Waals surface area contributed by atoms with Crippen LogP contribution in [0.4, 0.5) is 11.4 Å². The van der Waals surface area contributed by atoms with E-state index in [2.05, 4.69) is 15.5 Å². The molecule has 2 N–H and O–H groups in total. The first-order valence-electron chi connectivity index (χ1n) is 10.6. The normalized spacial score (nSPS) is 11.4. The average molecular weight is 451 g/mol. The van der Waals surface area contributed by atoms with E-state index < -0.39 is 10.8 Å². The zero-order valence-corrected chi connectivity index (χ0v) is 18.4. The van der Waals surface area contributed by atoms with E-state index >= 15 is 0 Å². The molecule has 10 heteroatoms. The maximum absolute atomic E-state index is 12.1. The molecule has 172 valence electrons. The van der Waals surface area contributed by atoms with Crippen LogP contribution >= 0.6 is 0 Å². The van der Waals surface area contributed by atoms with Gasteiger partial charge in [0.05, 0.1) is 10.4 Å². The summed E-state index contributed by atoms with van der Waals surface area (Å²) in [7, 11) is 0. The van der Waals surface area contributed by atoms with Crippen LogP contribution in [0, 0.1) is 16.0 Å². The smallest absolute Gasteiger partial charge is 0.269 e. The standard InChI is InChI=1S/C23H25N5O5/c1-15(2)14-27-19-7-4-3-6-18(19)21(23(27)31)26-25-20(29)8-5-13-24-22(30)16-9-11-17(12-10-16)28(32)33/h3-4,6-7,9-12,15,31H,5,8,13-14H2,1-2H3,(H,24,30). The summed E-state index contributed by atoms with van der Waals surface area (Å²) in [5, 5.41) is 32.4. The molecule has 3 aromatic rings. The van der Waals surface area contributed by atoms with Crippen molar-refractivity contribution in [3.05, 3.63) is 64.2 Å². The Balaban J connectivity index is 1.55. The first kappa shape index (κ1) is 23.6. The summed E-state index contributed by atoms with van der Waals surface area (Å²) in [4.78, 5) is 34.4. The molecule has 33 heavy (non-hydrogen) atoms. The number of non-ortho nitro benzene ring substituents is 1. The quantitative estimate of drug-likeness (QED) is 0.209. The minimum atomic E-state index is -0.538. The molecule has 3 rings (SSSR count). The Morgan fingerprint density at radius 1 is 1.15 bits per heavy atom. The fourth-order valence-electron chi connectivity index (χ4n) is 3.35. The van der Waals surface area contributed by atoms with E-state index in [0.717, 1.165) is 5.52 Å². The van der Waals surface area contributed by atoms with Gasteiger partial charge in [-0.15, -0.1) is 10.2 Å². The number of nitrogens with zero attached hydrogens (tertiary/aromatic N) is 4. The topological polar surface area (TPSA) is 139 Å². The molecule has 0 aliphatic heterocycles. The minimum absolute atomic E-state index is 0.0307. The molecule has 1 aromatic heterocycles. The number of nitrogens with one attached hydrogen (secondary N) is 1. The van der Waals surface area contributed by atoms with Crippen molar-refractivity contribution in [3.8, 4) is 5.88 Å². The second-order valence-corrected chi connectivity index (χ2v) is 7.95. The van der Waals surface area contributed by atoms with E-state index in [1.165, 1.54) is 24.3 Å². The number of para-hydroxylation sites is 1. The van der Waals surface area contributed by atoms with Crippen molar-refractivity contribution in [3.63, 3.8) is 0 Å². The number of azo groups is 1. The van der Waals surface area contributed by atoms with E-state index in [-0.39, 0.29) is 36.1 Å². The van der Waals surface area contributed by atoms with E-state index in [0.29, 0.717) is 29.8 Å². The molecule has 2 aromatic carbocycles. The highest BCUT2D eigenvalue weighted by molar-refractivity contribution is 5.95. The highest BCUT2D eigenvalue weighted by Gasteiger charge is 2.17. The van der Waals surface area contributed by atoms with Crippen molar-refractivity contribution in [1.82, 2.24) is 9.88 Å². The Labute approximate surface area is 190 Å². The molecule has 0 aliphatic rings. The number of aromatic hydroxyl groups is 1. The second-order valence-electron chi connectivity index (χ2n) is 7.95. The van der Waals surface area contributed by atoms with Gasteiger partial charge in [-0.3, -0.25) is 19.7 Å². The summed E-state index contributed by atoms with van der Waals surface area (Å²) in [6, 6.07) is 12.7. The lowest BCUT2D eigenvalue weighted by Gasteiger charge is -2.09. The van der Waals surface area contributed by atoms with Gasteiger partial charge >= 0.3 is 0 Å². The number of carbonyl (C=O) groups is 2. The molecule has 0 saturated heterocycles. The Hall–Kier alpha value is -4.08. The predicted octanol–water partition coefficient (Wildman–Crippen LogP) is 4.73. The molecule has 0 fully saturated rings. The summed E-state index contributed by atoms with van der Waals surface area (Å²) in [6.45, 7) is 4.92. The summed E-state index contributed by atoms with van der Waals surface area (Å²) in [5.41, 5.74) is 1.27. The Morgan fingerprint density at radius 3 is 2.52 bits per heavy atom. The lowest BCUT2D eigenvalue weighted by atomic mass is 10.2. The van der Waals surface area contributed by atoms with Gasteiger partial charge in [-0.25, -0.2) is 0 Å². The molecule has 10 nitrogen and oxygen atoms in total. The minimum Gasteiger partial charge on any atom is -0.493 e. The van der Waals surface area contributed by atoms with Crippen LogP contribution in [0.15, 0.2) is 58.8 Å². The molecule has 0 unspecified atom stereocenters. The maximum Gasteiger partial charge on any atom is 0.269 e. The summed E-state index contributed by atoms with van der Waals surface area (Å²) in [5.74, 6) is -0.585. The van der Waals surface area contributed by atoms with Crippen LogP contribution in [0.5, 0.6) is 5.88 Å². The van der Waals surface area contributed by atoms with Crippen LogP contribution in [-0.2, 0) is 11.3 Å². The second kappa shape index (κ2) is 10.5. The van der Waals surface area contributed by atoms with Crippen LogP contribution in [-0.4, -0.2) is 33.0 Å². The van der Waals surface area contributed by atoms with Gasteiger partial charge in [0.15, 0.2) is 5.69 Å². The van der Waals surface area contributed by atoms with Gasteiger partial charge in [0.25, 0.3) is 17.5 Å². The third-order valence-electron chi connectivity index (χ3n) is 4.92. The lowest BCUT2D eigenvalue weighted by Crippen LogP contribution is -2.24. The number of fused-ring (bicyclic) bond motifs is 1. The van der Waals surface area contributed by atoms with E-state index in [1.54, 1.807) is 4.57 Å². The predicted molar refractivity (Wildman–Crippen MR) is 123 cm³/mol. The third-order valence-corrected chi connectivity index (χ3v) is 4.92. The fraction of sp³-hybridized carbons (Fsp3) is 0.304. The van der Waals surface area contributed by atoms with Crippen molar-refractivity contribution in [2.45, 2.75) is 33.2 Å². The number of nitro groups is 1. The Bertz CT molecular complexity index is 1200. The number of amides is 2. The van der Waals surface area contributed by atoms with Gasteiger partial charge in [0, 0.05) is 42.6 Å². The van der Waals surface area contributed by atoms with Crippen LogP contribution in [0.1, 0.15) is 37.0 Å². The molecule has 0 saturated carbocycles. The molecule has 0 atom stereocenters. The molecule has 0 bridgehead atoms. The van der Waals surface area contributed by atoms with Crippen LogP contribution in [0.25, 0.3) is 10.9 Å². The lowest BCUT2D eigenvalue weighted by molar-refractivity contribution is -0.384. The largest absolute Gasteiger partial charge is 0.493 e. The Kier molecular flexibility index (Phi) is 7.50. The van der Waals surface area contributed by atoms with Crippen LogP contribution in [0.2, 0.25) is 0 Å². The summed E-state index contributed by atoms with van der Waals surface area (Å²) in [6.07, 6.45) is 0.410. The molecule has 0 radical (unpaired) electrons. The zero-order chi connectivity index (χ0) is 24.0. The number of hydrogen-bond donors (Lipinski definition) is 2. The third kappa shape index (κ3) is 5.79. The van der Waals surface area contributed by atoms with Crippen molar-refractivity contribution in [2.75, 3.05) is 6.54 Å². The summed E-state index contributed by atoms with van der Waals surface area (Å²) >= 11 is 0. The number of nitro benzene ring substituents is 1. The van der Waals surface area contributed by atoms with Crippen LogP contribution in [0.3, 0.4) is 0 Å². The van der Waals surface area contributed by atoms with Gasteiger partial charge in [0.1, 0.15) is 0 Å². The molecule has 1 heterocycles. The van der Waals surface area contributed by atoms with E-state index in [1.807, 2.05) is 38.1 Å². The highest BCUT2D eigenvalue weighted by Crippen LogP contribution is 2.39. The number of carbonyl (C=O) groups excluding carboxylic acids is 2. The summed E-state index contributed by atoms with van der Waals surface area (Å²) < 4.78 is 1.76. The first-order chi connectivity index (χ1) is 15.8. The first-order valence-corrected chi connectivity index (χ1v) is 10.6. The fourth-order valence-corrected chi connectivity index (χ4v) is 3.35. The monoisotopic (exact) mass is 451 g/mol. The molecular weight excluding hydrogens is 426 g/mol. The molecular formula is C23H25N5O5. The molecule has 0 aliphatic carbocycles.